The molecule has 1 aliphatic carbocycles. The van der Waals surface area contributed by atoms with Gasteiger partial charge in [0.25, 0.3) is 0 Å². The molecule has 2 nitrogen and oxygen atoms in total. The highest BCUT2D eigenvalue weighted by atomic mass is 32.1. The van der Waals surface area contributed by atoms with Gasteiger partial charge in [-0.2, -0.15) is 0 Å². The molecule has 0 bridgehead atoms. The minimum Gasteiger partial charge on any atom is -0.399 e. The number of anilines is 4. The molecule has 4 aliphatic rings. The molecule has 11 rings (SSSR count). The maximum atomic E-state index is 3.01. The fraction of sp³-hybridized carbons (Fsp3) is 0.357. The van der Waals surface area contributed by atoms with Gasteiger partial charge in [0.15, 0.2) is 0 Å². The van der Waals surface area contributed by atoms with Gasteiger partial charge in [0.05, 0.1) is 11.4 Å². The second-order valence-electron chi connectivity index (χ2n) is 22.1. The van der Waals surface area contributed by atoms with Gasteiger partial charge < -0.3 is 9.71 Å². The van der Waals surface area contributed by atoms with Gasteiger partial charge >= 0.3 is 6.85 Å². The van der Waals surface area contributed by atoms with E-state index >= 15 is 0 Å². The molecular weight excluding hydrogens is 744 g/mol. The van der Waals surface area contributed by atoms with Gasteiger partial charge in [0, 0.05) is 48.3 Å². The lowest BCUT2D eigenvalue weighted by atomic mass is 9.44. The van der Waals surface area contributed by atoms with Crippen molar-refractivity contribution < 1.29 is 0 Å². The molecule has 2 unspecified atom stereocenters. The number of benzene rings is 6. The van der Waals surface area contributed by atoms with Crippen molar-refractivity contribution >= 4 is 72.0 Å². The Hall–Kier alpha value is -4.80. The third kappa shape index (κ3) is 5.13. The summed E-state index contributed by atoms with van der Waals surface area (Å²) in [5, 5.41) is 4.04. The van der Waals surface area contributed by atoms with E-state index in [1.807, 2.05) is 11.3 Å². The topological polar surface area (TPSA) is 6.48 Å². The monoisotopic (exact) mass is 802 g/mol. The van der Waals surface area contributed by atoms with Crippen molar-refractivity contribution in [1.82, 2.24) is 0 Å². The van der Waals surface area contributed by atoms with Crippen molar-refractivity contribution in [2.45, 2.75) is 129 Å². The Morgan fingerprint density at radius 3 is 1.97 bits per heavy atom. The first-order chi connectivity index (χ1) is 28.4. The van der Waals surface area contributed by atoms with Crippen LogP contribution in [0.25, 0.3) is 43.1 Å². The Kier molecular flexibility index (Phi) is 7.89. The standard InChI is InChI=1S/C56H59BN2S/c1-52(2,3)36-23-25-44(40(30-36)34-19-13-12-14-20-34)58-45-29-35-21-15-16-22-39(35)47-42-32-38(54(7,8)9)33-43-49(42)59(56(11)28-18-17-27-55(43,56)10)57(48(45)47)51-50(58)41-31-37(53(4,5)6)24-26-46(41)60-51/h12-16,19-26,29-33H,17-18,27-28H2,1-11H3. The highest BCUT2D eigenvalue weighted by Gasteiger charge is 2.63. The quantitative estimate of drug-likeness (QED) is 0.161. The zero-order chi connectivity index (χ0) is 41.9. The molecule has 2 atom stereocenters. The summed E-state index contributed by atoms with van der Waals surface area (Å²) in [4.78, 5) is 5.75. The lowest BCUT2D eigenvalue weighted by Crippen LogP contribution is -2.70. The van der Waals surface area contributed by atoms with E-state index in [0.29, 0.717) is 0 Å². The Labute approximate surface area is 362 Å². The van der Waals surface area contributed by atoms with Crippen LogP contribution in [0, 0.1) is 0 Å². The average molecular weight is 803 g/mol. The smallest absolute Gasteiger partial charge is 0.339 e. The number of fused-ring (bicyclic) bond motifs is 11. The van der Waals surface area contributed by atoms with Crippen LogP contribution in [0.2, 0.25) is 0 Å². The number of hydrogen-bond donors (Lipinski definition) is 0. The second kappa shape index (κ2) is 12.4. The molecule has 0 saturated heterocycles. The molecule has 0 N–H and O–H groups in total. The first kappa shape index (κ1) is 38.2. The molecule has 0 radical (unpaired) electrons. The van der Waals surface area contributed by atoms with Crippen LogP contribution in [0.5, 0.6) is 0 Å². The van der Waals surface area contributed by atoms with E-state index in [2.05, 4.69) is 195 Å². The third-order valence-electron chi connectivity index (χ3n) is 15.4. The summed E-state index contributed by atoms with van der Waals surface area (Å²) in [6.45, 7) is 26.7. The molecule has 0 spiro atoms. The average Bonchev–Trinajstić information content (AvgIpc) is 3.68. The zero-order valence-corrected chi connectivity index (χ0v) is 38.4. The normalized spacial score (nSPS) is 20.7. The molecule has 1 fully saturated rings. The predicted molar refractivity (Wildman–Crippen MR) is 263 cm³/mol. The molecule has 0 amide bonds. The van der Waals surface area contributed by atoms with E-state index in [0.717, 1.165) is 0 Å². The molecule has 3 aliphatic heterocycles. The van der Waals surface area contributed by atoms with Gasteiger partial charge in [-0.3, -0.25) is 0 Å². The maximum absolute atomic E-state index is 3.01. The summed E-state index contributed by atoms with van der Waals surface area (Å²) in [6, 6.07) is 43.0. The van der Waals surface area contributed by atoms with Gasteiger partial charge in [-0.25, -0.2) is 0 Å². The fourth-order valence-electron chi connectivity index (χ4n) is 11.8. The Morgan fingerprint density at radius 1 is 0.583 bits per heavy atom. The molecular formula is C56H59BN2S. The molecule has 4 heterocycles. The highest BCUT2D eigenvalue weighted by molar-refractivity contribution is 7.32. The minimum absolute atomic E-state index is 0.00302. The molecule has 1 saturated carbocycles. The summed E-state index contributed by atoms with van der Waals surface area (Å²) in [5.74, 6) is 0. The van der Waals surface area contributed by atoms with Crippen molar-refractivity contribution in [1.29, 1.82) is 0 Å². The largest absolute Gasteiger partial charge is 0.399 e. The number of rotatable bonds is 2. The van der Waals surface area contributed by atoms with E-state index < -0.39 is 0 Å². The van der Waals surface area contributed by atoms with Crippen molar-refractivity contribution in [3.05, 3.63) is 131 Å². The Bertz CT molecular complexity index is 2940. The van der Waals surface area contributed by atoms with Crippen molar-refractivity contribution in [3.63, 3.8) is 0 Å². The maximum Gasteiger partial charge on any atom is 0.339 e. The predicted octanol–water partition coefficient (Wildman–Crippen LogP) is 14.6. The lowest BCUT2D eigenvalue weighted by molar-refractivity contribution is 0.199. The van der Waals surface area contributed by atoms with Crippen molar-refractivity contribution in [3.8, 4) is 22.3 Å². The van der Waals surface area contributed by atoms with Gasteiger partial charge in [0.1, 0.15) is 0 Å². The van der Waals surface area contributed by atoms with Crippen LogP contribution in [-0.2, 0) is 21.7 Å². The summed E-state index contributed by atoms with van der Waals surface area (Å²) in [7, 11) is 0. The van der Waals surface area contributed by atoms with E-state index in [1.54, 1.807) is 5.56 Å². The van der Waals surface area contributed by atoms with E-state index in [1.165, 1.54) is 118 Å². The van der Waals surface area contributed by atoms with Gasteiger partial charge in [-0.05, 0) is 122 Å². The first-order valence-electron chi connectivity index (χ1n) is 22.5. The summed E-state index contributed by atoms with van der Waals surface area (Å²) < 4.78 is 2.85. The third-order valence-corrected chi connectivity index (χ3v) is 16.7. The van der Waals surface area contributed by atoms with Crippen LogP contribution in [0.3, 0.4) is 0 Å². The van der Waals surface area contributed by atoms with Crippen molar-refractivity contribution in [2.24, 2.45) is 0 Å². The van der Waals surface area contributed by atoms with Crippen molar-refractivity contribution in [2.75, 3.05) is 9.71 Å². The number of hydrogen-bond acceptors (Lipinski definition) is 3. The van der Waals surface area contributed by atoms with Gasteiger partial charge in [-0.15, -0.1) is 11.3 Å². The molecule has 60 heavy (non-hydrogen) atoms. The summed E-state index contributed by atoms with van der Waals surface area (Å²) in [6.07, 6.45) is 4.97. The van der Waals surface area contributed by atoms with Gasteiger partial charge in [0.2, 0.25) is 0 Å². The lowest BCUT2D eigenvalue weighted by Gasteiger charge is -2.55. The van der Waals surface area contributed by atoms with Gasteiger partial charge in [-0.1, -0.05) is 155 Å². The van der Waals surface area contributed by atoms with E-state index in [9.17, 15) is 0 Å². The number of thiophene rings is 1. The fourth-order valence-corrected chi connectivity index (χ4v) is 13.1. The number of nitrogens with zero attached hydrogens (tertiary/aromatic N) is 2. The molecule has 302 valence electrons. The Morgan fingerprint density at radius 2 is 1.23 bits per heavy atom. The van der Waals surface area contributed by atoms with Crippen LogP contribution >= 0.6 is 11.3 Å². The van der Waals surface area contributed by atoms with Crippen LogP contribution in [-0.4, -0.2) is 12.4 Å². The molecule has 1 aromatic heterocycles. The minimum atomic E-state index is -0.0418. The second-order valence-corrected chi connectivity index (χ2v) is 23.2. The van der Waals surface area contributed by atoms with E-state index in [-0.39, 0.29) is 34.0 Å². The Balaban J connectivity index is 1.34. The summed E-state index contributed by atoms with van der Waals surface area (Å²) in [5.41, 5.74) is 18.1. The SMILES string of the molecule is CC(C)(C)c1ccc(N2c3cc4ccccc4c4c3B(c3sc5ccc(C(C)(C)C)cc5c32)N2c3c-4cc(C(C)(C)C)cc3C3(C)CCCCC23C)c(-c2ccccc2)c1. The van der Waals surface area contributed by atoms with Crippen LogP contribution in [0.15, 0.2) is 109 Å². The zero-order valence-electron chi connectivity index (χ0n) is 37.6. The van der Waals surface area contributed by atoms with Crippen LogP contribution < -0.4 is 20.0 Å². The summed E-state index contributed by atoms with van der Waals surface area (Å²) >= 11 is 2.05. The molecule has 6 aromatic carbocycles. The molecule has 4 heteroatoms. The van der Waals surface area contributed by atoms with Crippen LogP contribution in [0.1, 0.15) is 124 Å². The highest BCUT2D eigenvalue weighted by Crippen LogP contribution is 2.64. The van der Waals surface area contributed by atoms with E-state index in [4.69, 9.17) is 0 Å². The first-order valence-corrected chi connectivity index (χ1v) is 23.3. The molecule has 7 aromatic rings. The van der Waals surface area contributed by atoms with Crippen LogP contribution in [0.4, 0.5) is 22.7 Å².